The first-order chi connectivity index (χ1) is 11.8. The molecule has 0 radical (unpaired) electrons. The van der Waals surface area contributed by atoms with Gasteiger partial charge in [0.1, 0.15) is 5.37 Å². The fourth-order valence-electron chi connectivity index (χ4n) is 2.63. The minimum absolute atomic E-state index is 0.0347. The SMILES string of the molecule is O=C1CSC(c2ccccc2[N+](=O)[O-])N1c1cccc(C(F)(F)F)c1. The van der Waals surface area contributed by atoms with Crippen molar-refractivity contribution in [3.63, 3.8) is 0 Å². The van der Waals surface area contributed by atoms with Gasteiger partial charge in [-0.05, 0) is 24.3 Å². The second kappa shape index (κ2) is 6.40. The molecule has 0 aliphatic carbocycles. The van der Waals surface area contributed by atoms with Crippen molar-refractivity contribution in [2.75, 3.05) is 10.7 Å². The molecule has 2 aromatic carbocycles. The van der Waals surface area contributed by atoms with E-state index in [1.54, 1.807) is 6.07 Å². The van der Waals surface area contributed by atoms with Gasteiger partial charge < -0.3 is 0 Å². The quantitative estimate of drug-likeness (QED) is 0.595. The maximum absolute atomic E-state index is 12.9. The third kappa shape index (κ3) is 3.32. The zero-order chi connectivity index (χ0) is 18.2. The first-order valence-electron chi connectivity index (χ1n) is 7.13. The molecule has 0 spiro atoms. The predicted molar refractivity (Wildman–Crippen MR) is 87.2 cm³/mol. The van der Waals surface area contributed by atoms with Crippen LogP contribution in [0.15, 0.2) is 48.5 Å². The minimum Gasteiger partial charge on any atom is -0.295 e. The number of hydrogen-bond acceptors (Lipinski definition) is 4. The average Bonchev–Trinajstić information content (AvgIpc) is 2.95. The van der Waals surface area contributed by atoms with Crippen LogP contribution < -0.4 is 4.90 Å². The van der Waals surface area contributed by atoms with Crippen LogP contribution in [0.5, 0.6) is 0 Å². The standard InChI is InChI=1S/C16H11F3N2O3S/c17-16(18,19)10-4-3-5-11(8-10)20-14(22)9-25-15(20)12-6-1-2-7-13(12)21(23)24/h1-8,15H,9H2. The Morgan fingerprint density at radius 2 is 1.88 bits per heavy atom. The second-order valence-electron chi connectivity index (χ2n) is 5.29. The van der Waals surface area contributed by atoms with Crippen LogP contribution in [0.4, 0.5) is 24.5 Å². The molecule has 130 valence electrons. The van der Waals surface area contributed by atoms with E-state index in [0.29, 0.717) is 0 Å². The predicted octanol–water partition coefficient (Wildman–Crippen LogP) is 4.39. The highest BCUT2D eigenvalue weighted by atomic mass is 32.2. The van der Waals surface area contributed by atoms with E-state index < -0.39 is 27.9 Å². The summed E-state index contributed by atoms with van der Waals surface area (Å²) in [6.45, 7) is 0. The fourth-order valence-corrected chi connectivity index (χ4v) is 3.83. The van der Waals surface area contributed by atoms with Crippen LogP contribution in [-0.2, 0) is 11.0 Å². The molecule has 0 saturated carbocycles. The maximum Gasteiger partial charge on any atom is 0.416 e. The maximum atomic E-state index is 12.9. The summed E-state index contributed by atoms with van der Waals surface area (Å²) < 4.78 is 38.8. The van der Waals surface area contributed by atoms with Crippen molar-refractivity contribution < 1.29 is 22.9 Å². The molecule has 1 saturated heterocycles. The Bertz CT molecular complexity index is 841. The van der Waals surface area contributed by atoms with Crippen LogP contribution in [0, 0.1) is 10.1 Å². The molecule has 1 atom stereocenters. The summed E-state index contributed by atoms with van der Waals surface area (Å²) in [5.74, 6) is -0.361. The fraction of sp³-hybridized carbons (Fsp3) is 0.188. The molecule has 9 heteroatoms. The van der Waals surface area contributed by atoms with Crippen LogP contribution in [-0.4, -0.2) is 16.6 Å². The summed E-state index contributed by atoms with van der Waals surface area (Å²) in [7, 11) is 0. The van der Waals surface area contributed by atoms with Gasteiger partial charge in [0.2, 0.25) is 5.91 Å². The number of carbonyl (C=O) groups is 1. The Kier molecular flexibility index (Phi) is 4.42. The minimum atomic E-state index is -4.54. The summed E-state index contributed by atoms with van der Waals surface area (Å²) in [5.41, 5.74) is -0.712. The molecule has 1 aliphatic rings. The first kappa shape index (κ1) is 17.3. The molecule has 5 nitrogen and oxygen atoms in total. The van der Waals surface area contributed by atoms with E-state index in [4.69, 9.17) is 0 Å². The molecule has 1 amide bonds. The summed E-state index contributed by atoms with van der Waals surface area (Å²) in [5, 5.41) is 10.5. The van der Waals surface area contributed by atoms with Crippen molar-refractivity contribution >= 4 is 29.0 Å². The van der Waals surface area contributed by atoms with Crippen molar-refractivity contribution in [2.24, 2.45) is 0 Å². The molecule has 1 unspecified atom stereocenters. The van der Waals surface area contributed by atoms with E-state index in [1.165, 1.54) is 35.2 Å². The van der Waals surface area contributed by atoms with Crippen LogP contribution in [0.2, 0.25) is 0 Å². The van der Waals surface area contributed by atoms with Crippen molar-refractivity contribution in [1.29, 1.82) is 0 Å². The van der Waals surface area contributed by atoms with E-state index in [-0.39, 0.29) is 22.7 Å². The Morgan fingerprint density at radius 3 is 2.56 bits per heavy atom. The number of anilines is 1. The Morgan fingerprint density at radius 1 is 1.16 bits per heavy atom. The number of hydrogen-bond donors (Lipinski definition) is 0. The zero-order valence-electron chi connectivity index (χ0n) is 12.6. The molecule has 0 aromatic heterocycles. The van der Waals surface area contributed by atoms with Gasteiger partial charge in [-0.2, -0.15) is 13.2 Å². The number of para-hydroxylation sites is 1. The number of carbonyl (C=O) groups excluding carboxylic acids is 1. The average molecular weight is 368 g/mol. The summed E-state index contributed by atoms with van der Waals surface area (Å²) in [4.78, 5) is 24.1. The highest BCUT2D eigenvalue weighted by molar-refractivity contribution is 8.00. The Balaban J connectivity index is 2.06. The summed E-state index contributed by atoms with van der Waals surface area (Å²) in [6.07, 6.45) is -4.54. The van der Waals surface area contributed by atoms with Crippen LogP contribution >= 0.6 is 11.8 Å². The van der Waals surface area contributed by atoms with Gasteiger partial charge in [0.15, 0.2) is 0 Å². The lowest BCUT2D eigenvalue weighted by molar-refractivity contribution is -0.385. The molecular formula is C16H11F3N2O3S. The van der Waals surface area contributed by atoms with Gasteiger partial charge in [0.25, 0.3) is 5.69 Å². The van der Waals surface area contributed by atoms with Gasteiger partial charge in [-0.25, -0.2) is 0 Å². The van der Waals surface area contributed by atoms with Crippen LogP contribution in [0.25, 0.3) is 0 Å². The number of thioether (sulfide) groups is 1. The summed E-state index contributed by atoms with van der Waals surface area (Å²) >= 11 is 1.14. The van der Waals surface area contributed by atoms with Crippen molar-refractivity contribution in [2.45, 2.75) is 11.6 Å². The van der Waals surface area contributed by atoms with E-state index >= 15 is 0 Å². The van der Waals surface area contributed by atoms with Gasteiger partial charge >= 0.3 is 6.18 Å². The topological polar surface area (TPSA) is 63.4 Å². The first-order valence-corrected chi connectivity index (χ1v) is 8.18. The van der Waals surface area contributed by atoms with E-state index in [0.717, 1.165) is 23.9 Å². The molecule has 0 bridgehead atoms. The Hall–Kier alpha value is -2.55. The largest absolute Gasteiger partial charge is 0.416 e. The molecule has 1 fully saturated rings. The smallest absolute Gasteiger partial charge is 0.295 e. The summed E-state index contributed by atoms with van der Waals surface area (Å²) in [6, 6.07) is 10.3. The monoisotopic (exact) mass is 368 g/mol. The van der Waals surface area contributed by atoms with E-state index in [9.17, 15) is 28.1 Å². The molecule has 1 aliphatic heterocycles. The lowest BCUT2D eigenvalue weighted by Gasteiger charge is -2.24. The number of amides is 1. The number of nitro groups is 1. The number of benzene rings is 2. The van der Waals surface area contributed by atoms with Gasteiger partial charge in [-0.3, -0.25) is 19.8 Å². The van der Waals surface area contributed by atoms with Crippen molar-refractivity contribution in [3.8, 4) is 0 Å². The highest BCUT2D eigenvalue weighted by Crippen LogP contribution is 2.45. The number of nitro benzene ring substituents is 1. The van der Waals surface area contributed by atoms with Crippen LogP contribution in [0.3, 0.4) is 0 Å². The molecular weight excluding hydrogens is 357 g/mol. The Labute approximate surface area is 144 Å². The second-order valence-corrected chi connectivity index (χ2v) is 6.36. The van der Waals surface area contributed by atoms with Gasteiger partial charge in [-0.1, -0.05) is 18.2 Å². The van der Waals surface area contributed by atoms with Crippen molar-refractivity contribution in [1.82, 2.24) is 0 Å². The number of rotatable bonds is 3. The van der Waals surface area contributed by atoms with E-state index in [1.807, 2.05) is 0 Å². The zero-order valence-corrected chi connectivity index (χ0v) is 13.4. The molecule has 0 N–H and O–H groups in total. The lowest BCUT2D eigenvalue weighted by Crippen LogP contribution is -2.28. The third-order valence-corrected chi connectivity index (χ3v) is 4.91. The molecule has 2 aromatic rings. The normalized spacial score (nSPS) is 17.8. The highest BCUT2D eigenvalue weighted by Gasteiger charge is 2.38. The van der Waals surface area contributed by atoms with Gasteiger partial charge in [0.05, 0.1) is 21.8 Å². The third-order valence-electron chi connectivity index (χ3n) is 3.72. The van der Waals surface area contributed by atoms with E-state index in [2.05, 4.69) is 0 Å². The van der Waals surface area contributed by atoms with Gasteiger partial charge in [-0.15, -0.1) is 11.8 Å². The van der Waals surface area contributed by atoms with Crippen LogP contribution in [0.1, 0.15) is 16.5 Å². The van der Waals surface area contributed by atoms with Crippen molar-refractivity contribution in [3.05, 3.63) is 69.8 Å². The molecule has 1 heterocycles. The lowest BCUT2D eigenvalue weighted by atomic mass is 10.1. The molecule has 3 rings (SSSR count). The number of halogens is 3. The number of nitrogens with zero attached hydrogens (tertiary/aromatic N) is 2. The van der Waals surface area contributed by atoms with Gasteiger partial charge in [0, 0.05) is 11.8 Å². The number of alkyl halides is 3. The molecule has 25 heavy (non-hydrogen) atoms.